The molecule has 0 unspecified atom stereocenters. The second-order valence-electron chi connectivity index (χ2n) is 9.70. The lowest BCUT2D eigenvalue weighted by Crippen LogP contribution is -2.40. The van der Waals surface area contributed by atoms with E-state index in [1.54, 1.807) is 29.2 Å². The highest BCUT2D eigenvalue weighted by Crippen LogP contribution is 2.40. The van der Waals surface area contributed by atoms with Crippen molar-refractivity contribution < 1.29 is 22.0 Å². The number of thiophene rings is 1. The summed E-state index contributed by atoms with van der Waals surface area (Å²) in [6.45, 7) is 0.314. The van der Waals surface area contributed by atoms with Gasteiger partial charge in [0.15, 0.2) is 9.84 Å². The summed E-state index contributed by atoms with van der Waals surface area (Å²) in [5, 5.41) is -0.101. The number of hydrogen-bond acceptors (Lipinski definition) is 4. The average molecular weight is 574 g/mol. The monoisotopic (exact) mass is 573 g/mol. The molecule has 3 aromatic carbocycles. The molecule has 0 atom stereocenters. The molecular weight excluding hydrogens is 548 g/mol. The van der Waals surface area contributed by atoms with Crippen molar-refractivity contribution in [2.24, 2.45) is 0 Å². The molecule has 0 spiro atoms. The molecular formula is C29H26ClF2NO3S2. The van der Waals surface area contributed by atoms with Crippen LogP contribution in [0, 0.1) is 11.6 Å². The number of carbonyl (C=O) groups is 1. The van der Waals surface area contributed by atoms with Gasteiger partial charge in [0, 0.05) is 18.8 Å². The predicted octanol–water partition coefficient (Wildman–Crippen LogP) is 7.88. The first-order valence-corrected chi connectivity index (χ1v) is 15.5. The molecule has 1 aliphatic rings. The Balaban J connectivity index is 1.49. The Morgan fingerprint density at radius 1 is 0.974 bits per heavy atom. The number of amides is 1. The van der Waals surface area contributed by atoms with Gasteiger partial charge in [0.1, 0.15) is 16.5 Å². The van der Waals surface area contributed by atoms with Gasteiger partial charge in [-0.25, -0.2) is 17.2 Å². The molecule has 0 N–H and O–H groups in total. The molecule has 4 nitrogen and oxygen atoms in total. The van der Waals surface area contributed by atoms with Crippen LogP contribution in [0.5, 0.6) is 0 Å². The van der Waals surface area contributed by atoms with Crippen molar-refractivity contribution in [2.45, 2.75) is 49.6 Å². The lowest BCUT2D eigenvalue weighted by atomic mass is 9.93. The molecule has 9 heteroatoms. The summed E-state index contributed by atoms with van der Waals surface area (Å²) >= 11 is 7.37. The van der Waals surface area contributed by atoms with E-state index in [1.807, 2.05) is 24.3 Å². The van der Waals surface area contributed by atoms with E-state index in [1.165, 1.54) is 6.26 Å². The van der Waals surface area contributed by atoms with Gasteiger partial charge in [-0.15, -0.1) is 11.3 Å². The van der Waals surface area contributed by atoms with Crippen LogP contribution in [-0.4, -0.2) is 31.5 Å². The van der Waals surface area contributed by atoms with Gasteiger partial charge in [-0.1, -0.05) is 61.2 Å². The van der Waals surface area contributed by atoms with Crippen molar-refractivity contribution in [3.8, 4) is 11.1 Å². The molecule has 1 aromatic heterocycles. The minimum atomic E-state index is -3.29. The summed E-state index contributed by atoms with van der Waals surface area (Å²) in [7, 11) is -3.29. The topological polar surface area (TPSA) is 54.5 Å². The minimum Gasteiger partial charge on any atom is -0.331 e. The van der Waals surface area contributed by atoms with E-state index >= 15 is 0 Å². The fourth-order valence-corrected chi connectivity index (χ4v) is 7.20. The number of sulfone groups is 1. The van der Waals surface area contributed by atoms with Crippen LogP contribution in [-0.2, 0) is 16.4 Å². The summed E-state index contributed by atoms with van der Waals surface area (Å²) in [4.78, 5) is 16.1. The number of halogens is 3. The highest BCUT2D eigenvalue weighted by Gasteiger charge is 2.31. The maximum absolute atomic E-state index is 14.5. The Bertz CT molecular complexity index is 1610. The third-order valence-corrected chi connectivity index (χ3v) is 9.85. The largest absolute Gasteiger partial charge is 0.331 e. The fraction of sp³-hybridized carbons (Fsp3) is 0.276. The molecule has 0 bridgehead atoms. The number of fused-ring (bicyclic) bond motifs is 1. The Hall–Kier alpha value is -2.81. The summed E-state index contributed by atoms with van der Waals surface area (Å²) in [6.07, 6.45) is 5.99. The molecule has 0 radical (unpaired) electrons. The normalized spacial score (nSPS) is 14.6. The molecule has 1 aliphatic carbocycles. The SMILES string of the molecule is CS(=O)(=O)c1ccc(-c2cccc(CN(C(=O)c3sc4c(F)ccc(F)c4c3Cl)C3CCCCC3)c2)cc1. The summed E-state index contributed by atoms with van der Waals surface area (Å²) in [5.74, 6) is -1.59. The van der Waals surface area contributed by atoms with Crippen LogP contribution in [0.15, 0.2) is 65.6 Å². The van der Waals surface area contributed by atoms with E-state index < -0.39 is 21.5 Å². The number of nitrogens with zero attached hydrogens (tertiary/aromatic N) is 1. The van der Waals surface area contributed by atoms with E-state index in [9.17, 15) is 22.0 Å². The van der Waals surface area contributed by atoms with Gasteiger partial charge in [-0.05, 0) is 59.9 Å². The first kappa shape index (κ1) is 26.8. The van der Waals surface area contributed by atoms with Gasteiger partial charge in [0.05, 0.1) is 20.0 Å². The molecule has 38 heavy (non-hydrogen) atoms. The van der Waals surface area contributed by atoms with Gasteiger partial charge in [0.25, 0.3) is 5.91 Å². The molecule has 5 rings (SSSR count). The van der Waals surface area contributed by atoms with Crippen LogP contribution in [0.4, 0.5) is 8.78 Å². The second-order valence-corrected chi connectivity index (χ2v) is 13.1. The van der Waals surface area contributed by atoms with Crippen LogP contribution in [0.1, 0.15) is 47.3 Å². The number of carbonyl (C=O) groups excluding carboxylic acids is 1. The van der Waals surface area contributed by atoms with Crippen LogP contribution in [0.3, 0.4) is 0 Å². The lowest BCUT2D eigenvalue weighted by Gasteiger charge is -2.34. The smallest absolute Gasteiger partial charge is 0.266 e. The Labute approximate surface area is 229 Å². The third kappa shape index (κ3) is 5.35. The molecule has 1 saturated carbocycles. The van der Waals surface area contributed by atoms with E-state index in [0.29, 0.717) is 6.54 Å². The van der Waals surface area contributed by atoms with Crippen LogP contribution in [0.2, 0.25) is 5.02 Å². The second kappa shape index (κ2) is 10.8. The van der Waals surface area contributed by atoms with Crippen molar-refractivity contribution in [2.75, 3.05) is 6.26 Å². The van der Waals surface area contributed by atoms with Gasteiger partial charge in [-0.3, -0.25) is 4.79 Å². The van der Waals surface area contributed by atoms with Crippen molar-refractivity contribution >= 4 is 48.8 Å². The molecule has 1 fully saturated rings. The average Bonchev–Trinajstić information content (AvgIpc) is 3.27. The van der Waals surface area contributed by atoms with Crippen molar-refractivity contribution in [1.29, 1.82) is 0 Å². The Morgan fingerprint density at radius 3 is 2.32 bits per heavy atom. The van der Waals surface area contributed by atoms with Gasteiger partial charge < -0.3 is 4.90 Å². The van der Waals surface area contributed by atoms with E-state index in [4.69, 9.17) is 11.6 Å². The van der Waals surface area contributed by atoms with Crippen molar-refractivity contribution in [3.05, 3.63) is 87.8 Å². The van der Waals surface area contributed by atoms with Crippen molar-refractivity contribution in [1.82, 2.24) is 4.90 Å². The fourth-order valence-electron chi connectivity index (χ4n) is 5.07. The first-order chi connectivity index (χ1) is 18.1. The predicted molar refractivity (Wildman–Crippen MR) is 148 cm³/mol. The zero-order valence-electron chi connectivity index (χ0n) is 20.7. The highest BCUT2D eigenvalue weighted by molar-refractivity contribution is 7.90. The van der Waals surface area contributed by atoms with Crippen LogP contribution in [0.25, 0.3) is 21.2 Å². The summed E-state index contributed by atoms with van der Waals surface area (Å²) in [6, 6.07) is 16.5. The standard InChI is InChI=1S/C29H26ClF2NO3S2/c1-38(35,36)22-12-10-19(11-13-22)20-7-5-6-18(16-20)17-33(21-8-3-2-4-9-21)29(34)28-26(30)25-23(31)14-15-24(32)27(25)37-28/h5-7,10-16,21H,2-4,8-9,17H2,1H3. The zero-order valence-corrected chi connectivity index (χ0v) is 23.1. The van der Waals surface area contributed by atoms with Gasteiger partial charge >= 0.3 is 0 Å². The number of benzene rings is 3. The van der Waals surface area contributed by atoms with Crippen LogP contribution >= 0.6 is 22.9 Å². The minimum absolute atomic E-state index is 0.00933. The number of rotatable bonds is 6. The number of hydrogen-bond donors (Lipinski definition) is 0. The van der Waals surface area contributed by atoms with Gasteiger partial charge in [-0.2, -0.15) is 0 Å². The molecule has 198 valence electrons. The Kier molecular flexibility index (Phi) is 7.58. The highest BCUT2D eigenvalue weighted by atomic mass is 35.5. The lowest BCUT2D eigenvalue weighted by molar-refractivity contribution is 0.0619. The molecule has 0 aliphatic heterocycles. The third-order valence-electron chi connectivity index (χ3n) is 7.05. The molecule has 1 heterocycles. The summed E-state index contributed by atoms with van der Waals surface area (Å²) in [5.41, 5.74) is 2.64. The zero-order chi connectivity index (χ0) is 27.0. The quantitative estimate of drug-likeness (QED) is 0.236. The maximum atomic E-state index is 14.5. The van der Waals surface area contributed by atoms with E-state index in [2.05, 4.69) is 0 Å². The van der Waals surface area contributed by atoms with Gasteiger partial charge in [0.2, 0.25) is 0 Å². The molecule has 1 amide bonds. The maximum Gasteiger partial charge on any atom is 0.266 e. The van der Waals surface area contributed by atoms with E-state index in [-0.39, 0.29) is 36.8 Å². The summed E-state index contributed by atoms with van der Waals surface area (Å²) < 4.78 is 52.6. The van der Waals surface area contributed by atoms with Crippen molar-refractivity contribution in [3.63, 3.8) is 0 Å². The molecule has 4 aromatic rings. The van der Waals surface area contributed by atoms with E-state index in [0.717, 1.165) is 72.3 Å². The Morgan fingerprint density at radius 2 is 1.66 bits per heavy atom. The molecule has 0 saturated heterocycles. The van der Waals surface area contributed by atoms with Crippen LogP contribution < -0.4 is 0 Å². The first-order valence-electron chi connectivity index (χ1n) is 12.4.